The molecule has 0 rings (SSSR count). The maximum atomic E-state index is 11.3. The summed E-state index contributed by atoms with van der Waals surface area (Å²) in [7, 11) is -3.27. The lowest BCUT2D eigenvalue weighted by atomic mass is 10.2. The summed E-state index contributed by atoms with van der Waals surface area (Å²) in [5, 5.41) is 2.50. The highest BCUT2D eigenvalue weighted by molar-refractivity contribution is 7.89. The van der Waals surface area contributed by atoms with Gasteiger partial charge in [0.1, 0.15) is 0 Å². The van der Waals surface area contributed by atoms with E-state index >= 15 is 0 Å². The SMILES string of the molecule is CCCC(N)C(=O)NCCS(=O)(=O)NCC. The Hall–Kier alpha value is -0.660. The van der Waals surface area contributed by atoms with Crippen LogP contribution in [0.5, 0.6) is 0 Å². The van der Waals surface area contributed by atoms with E-state index in [1.54, 1.807) is 6.92 Å². The van der Waals surface area contributed by atoms with Crippen LogP contribution in [0.2, 0.25) is 0 Å². The van der Waals surface area contributed by atoms with Gasteiger partial charge < -0.3 is 11.1 Å². The summed E-state index contributed by atoms with van der Waals surface area (Å²) < 4.78 is 24.8. The van der Waals surface area contributed by atoms with Gasteiger partial charge in [0.2, 0.25) is 15.9 Å². The van der Waals surface area contributed by atoms with Gasteiger partial charge in [0.15, 0.2) is 0 Å². The van der Waals surface area contributed by atoms with Crippen molar-refractivity contribution in [2.75, 3.05) is 18.8 Å². The highest BCUT2D eigenvalue weighted by Crippen LogP contribution is 1.92. The van der Waals surface area contributed by atoms with E-state index in [9.17, 15) is 13.2 Å². The molecule has 96 valence electrons. The van der Waals surface area contributed by atoms with Gasteiger partial charge in [0, 0.05) is 13.1 Å². The van der Waals surface area contributed by atoms with Crippen molar-refractivity contribution in [3.8, 4) is 0 Å². The van der Waals surface area contributed by atoms with E-state index in [0.717, 1.165) is 6.42 Å². The number of hydrogen-bond donors (Lipinski definition) is 3. The lowest BCUT2D eigenvalue weighted by Crippen LogP contribution is -2.43. The summed E-state index contributed by atoms with van der Waals surface area (Å²) in [4.78, 5) is 11.3. The molecule has 0 aromatic carbocycles. The molecule has 0 saturated carbocycles. The van der Waals surface area contributed by atoms with Crippen molar-refractivity contribution in [2.24, 2.45) is 5.73 Å². The molecule has 16 heavy (non-hydrogen) atoms. The number of amides is 1. The Kier molecular flexibility index (Phi) is 7.27. The molecule has 6 nitrogen and oxygen atoms in total. The monoisotopic (exact) mass is 251 g/mol. The second kappa shape index (κ2) is 7.59. The van der Waals surface area contributed by atoms with E-state index in [-0.39, 0.29) is 18.2 Å². The molecule has 0 heterocycles. The Labute approximate surface area is 97.0 Å². The van der Waals surface area contributed by atoms with Crippen LogP contribution >= 0.6 is 0 Å². The summed E-state index contributed by atoms with van der Waals surface area (Å²) in [6.07, 6.45) is 1.43. The van der Waals surface area contributed by atoms with E-state index in [0.29, 0.717) is 13.0 Å². The molecule has 0 radical (unpaired) electrons. The van der Waals surface area contributed by atoms with E-state index < -0.39 is 16.1 Å². The third-order valence-corrected chi connectivity index (χ3v) is 3.44. The van der Waals surface area contributed by atoms with Crippen LogP contribution in [0, 0.1) is 0 Å². The number of sulfonamides is 1. The maximum Gasteiger partial charge on any atom is 0.236 e. The number of carbonyl (C=O) groups is 1. The minimum absolute atomic E-state index is 0.0889. The molecular formula is C9H21N3O3S. The largest absolute Gasteiger partial charge is 0.354 e. The van der Waals surface area contributed by atoms with Crippen LogP contribution in [-0.2, 0) is 14.8 Å². The number of nitrogens with one attached hydrogen (secondary N) is 2. The number of nitrogens with two attached hydrogens (primary N) is 1. The second-order valence-electron chi connectivity index (χ2n) is 3.50. The van der Waals surface area contributed by atoms with Gasteiger partial charge in [-0.3, -0.25) is 4.79 Å². The van der Waals surface area contributed by atoms with Crippen molar-refractivity contribution >= 4 is 15.9 Å². The van der Waals surface area contributed by atoms with Crippen LogP contribution in [0.1, 0.15) is 26.7 Å². The van der Waals surface area contributed by atoms with Gasteiger partial charge >= 0.3 is 0 Å². The summed E-state index contributed by atoms with van der Waals surface area (Å²) in [6.45, 7) is 4.08. The van der Waals surface area contributed by atoms with Crippen molar-refractivity contribution in [1.82, 2.24) is 10.0 Å². The van der Waals surface area contributed by atoms with Gasteiger partial charge in [-0.2, -0.15) is 0 Å². The molecular weight excluding hydrogens is 230 g/mol. The van der Waals surface area contributed by atoms with E-state index in [1.165, 1.54) is 0 Å². The highest BCUT2D eigenvalue weighted by Gasteiger charge is 2.13. The fourth-order valence-corrected chi connectivity index (χ4v) is 2.13. The molecule has 0 aromatic rings. The van der Waals surface area contributed by atoms with Crippen molar-refractivity contribution in [1.29, 1.82) is 0 Å². The topological polar surface area (TPSA) is 101 Å². The minimum atomic E-state index is -3.27. The summed E-state index contributed by atoms with van der Waals surface area (Å²) in [6, 6.07) is -0.549. The normalized spacial score (nSPS) is 13.4. The van der Waals surface area contributed by atoms with Gasteiger partial charge in [-0.25, -0.2) is 13.1 Å². The van der Waals surface area contributed by atoms with E-state index in [2.05, 4.69) is 10.0 Å². The summed E-state index contributed by atoms with van der Waals surface area (Å²) >= 11 is 0. The Bertz CT molecular complexity index is 303. The Morgan fingerprint density at radius 3 is 2.50 bits per heavy atom. The molecule has 0 fully saturated rings. The van der Waals surface area contributed by atoms with Gasteiger partial charge in [0.05, 0.1) is 11.8 Å². The van der Waals surface area contributed by atoms with Crippen molar-refractivity contribution in [2.45, 2.75) is 32.7 Å². The average Bonchev–Trinajstić information content (AvgIpc) is 2.17. The fourth-order valence-electron chi connectivity index (χ4n) is 1.17. The summed E-state index contributed by atoms with van der Waals surface area (Å²) in [5.41, 5.74) is 5.56. The van der Waals surface area contributed by atoms with Gasteiger partial charge in [-0.05, 0) is 6.42 Å². The molecule has 1 amide bonds. The Morgan fingerprint density at radius 1 is 1.38 bits per heavy atom. The predicted octanol–water partition coefficient (Wildman–Crippen LogP) is -0.831. The highest BCUT2D eigenvalue weighted by atomic mass is 32.2. The van der Waals surface area contributed by atoms with Crippen molar-refractivity contribution in [3.63, 3.8) is 0 Å². The predicted molar refractivity (Wildman–Crippen MR) is 63.4 cm³/mol. The molecule has 0 aliphatic rings. The first-order chi connectivity index (χ1) is 7.43. The Morgan fingerprint density at radius 2 is 2.00 bits per heavy atom. The van der Waals surface area contributed by atoms with Crippen LogP contribution < -0.4 is 15.8 Å². The van der Waals surface area contributed by atoms with Crippen LogP contribution in [0.3, 0.4) is 0 Å². The average molecular weight is 251 g/mol. The minimum Gasteiger partial charge on any atom is -0.354 e. The zero-order chi connectivity index (χ0) is 12.6. The zero-order valence-corrected chi connectivity index (χ0v) is 10.6. The number of rotatable bonds is 8. The first kappa shape index (κ1) is 15.3. The lowest BCUT2D eigenvalue weighted by molar-refractivity contribution is -0.122. The number of carbonyl (C=O) groups excluding carboxylic acids is 1. The first-order valence-electron chi connectivity index (χ1n) is 5.43. The van der Waals surface area contributed by atoms with Gasteiger partial charge in [0.25, 0.3) is 0 Å². The zero-order valence-electron chi connectivity index (χ0n) is 9.82. The maximum absolute atomic E-state index is 11.3. The molecule has 1 atom stereocenters. The van der Waals surface area contributed by atoms with Gasteiger partial charge in [-0.1, -0.05) is 20.3 Å². The fraction of sp³-hybridized carbons (Fsp3) is 0.889. The Balaban J connectivity index is 3.86. The van der Waals surface area contributed by atoms with E-state index in [4.69, 9.17) is 5.73 Å². The molecule has 0 aliphatic heterocycles. The van der Waals surface area contributed by atoms with Crippen molar-refractivity contribution < 1.29 is 13.2 Å². The molecule has 0 aliphatic carbocycles. The molecule has 1 unspecified atom stereocenters. The third kappa shape index (κ3) is 6.76. The van der Waals surface area contributed by atoms with Crippen LogP contribution in [0.15, 0.2) is 0 Å². The molecule has 4 N–H and O–H groups in total. The van der Waals surface area contributed by atoms with Crippen LogP contribution in [0.4, 0.5) is 0 Å². The third-order valence-electron chi connectivity index (χ3n) is 1.97. The summed E-state index contributed by atoms with van der Waals surface area (Å²) in [5.74, 6) is -0.417. The lowest BCUT2D eigenvalue weighted by Gasteiger charge is -2.11. The van der Waals surface area contributed by atoms with Crippen LogP contribution in [0.25, 0.3) is 0 Å². The number of hydrogen-bond acceptors (Lipinski definition) is 4. The first-order valence-corrected chi connectivity index (χ1v) is 7.08. The molecule has 0 spiro atoms. The molecule has 0 saturated heterocycles. The molecule has 0 bridgehead atoms. The van der Waals surface area contributed by atoms with Crippen molar-refractivity contribution in [3.05, 3.63) is 0 Å². The molecule has 0 aromatic heterocycles. The standard InChI is InChI=1S/C9H21N3O3S/c1-3-5-8(10)9(13)11-6-7-16(14,15)12-4-2/h8,12H,3-7,10H2,1-2H3,(H,11,13). The van der Waals surface area contributed by atoms with Gasteiger partial charge in [-0.15, -0.1) is 0 Å². The quantitative estimate of drug-likeness (QED) is 0.524. The second-order valence-corrected chi connectivity index (χ2v) is 5.43. The van der Waals surface area contributed by atoms with Crippen LogP contribution in [-0.4, -0.2) is 39.2 Å². The van der Waals surface area contributed by atoms with E-state index in [1.807, 2.05) is 6.92 Å². The molecule has 7 heteroatoms. The smallest absolute Gasteiger partial charge is 0.236 e.